The summed E-state index contributed by atoms with van der Waals surface area (Å²) in [5, 5.41) is 12.8. The molecule has 0 saturated heterocycles. The summed E-state index contributed by atoms with van der Waals surface area (Å²) < 4.78 is 57.8. The number of esters is 1. The number of aromatic nitrogens is 1. The van der Waals surface area contributed by atoms with Crippen molar-refractivity contribution in [3.8, 4) is 11.3 Å². The fraction of sp³-hybridized carbons (Fsp3) is 0.0833. The van der Waals surface area contributed by atoms with E-state index in [-0.39, 0.29) is 16.9 Å². The van der Waals surface area contributed by atoms with Crippen LogP contribution in [0.15, 0.2) is 82.3 Å². The summed E-state index contributed by atoms with van der Waals surface area (Å²) in [5.41, 5.74) is 1.05. The zero-order valence-electron chi connectivity index (χ0n) is 18.0. The number of methoxy groups -OCH3 is 1. The lowest BCUT2D eigenvalue weighted by molar-refractivity contribution is -0.137. The van der Waals surface area contributed by atoms with Gasteiger partial charge in [-0.2, -0.15) is 18.3 Å². The number of ether oxygens (including phenoxy) is 1. The molecule has 0 aliphatic rings. The molecule has 0 spiro atoms. The van der Waals surface area contributed by atoms with Gasteiger partial charge in [0.15, 0.2) is 10.9 Å². The van der Waals surface area contributed by atoms with Crippen molar-refractivity contribution in [2.75, 3.05) is 12.4 Å². The number of thiazole rings is 1. The van der Waals surface area contributed by atoms with Crippen LogP contribution < -0.4 is 5.32 Å². The number of azo groups is 1. The minimum absolute atomic E-state index is 0.0497. The first-order valence-corrected chi connectivity index (χ1v) is 10.9. The lowest BCUT2D eigenvalue weighted by Crippen LogP contribution is -2.05. The smallest absolute Gasteiger partial charge is 0.416 e. The standard InChI is InChI=1S/C24H16F4N4O2S/c1-34-22(33)15-4-2-7-18(10-15)31-32-20-11-14(8-9-19(20)25)21-13-35-23(30-21)29-17-6-3-5-16(12-17)24(26,27)28/h2-13H,1H3,(H,29,30)/b32-31+. The van der Waals surface area contributed by atoms with Gasteiger partial charge < -0.3 is 10.1 Å². The number of nitrogens with one attached hydrogen (secondary N) is 1. The van der Waals surface area contributed by atoms with Crippen molar-refractivity contribution in [2.45, 2.75) is 6.18 Å². The molecule has 0 amide bonds. The second-order valence-electron chi connectivity index (χ2n) is 7.15. The molecule has 3 aromatic carbocycles. The largest absolute Gasteiger partial charge is 0.465 e. The highest BCUT2D eigenvalue weighted by Crippen LogP contribution is 2.34. The van der Waals surface area contributed by atoms with Crippen LogP contribution in [0.5, 0.6) is 0 Å². The van der Waals surface area contributed by atoms with Crippen molar-refractivity contribution in [1.82, 2.24) is 4.98 Å². The molecule has 0 unspecified atom stereocenters. The zero-order valence-corrected chi connectivity index (χ0v) is 18.8. The minimum Gasteiger partial charge on any atom is -0.465 e. The molecule has 0 fully saturated rings. The maximum absolute atomic E-state index is 14.3. The van der Waals surface area contributed by atoms with Crippen LogP contribution in [0.4, 0.5) is 39.8 Å². The molecule has 178 valence electrons. The fourth-order valence-corrected chi connectivity index (χ4v) is 3.77. The molecule has 35 heavy (non-hydrogen) atoms. The van der Waals surface area contributed by atoms with E-state index in [1.807, 2.05) is 0 Å². The third-order valence-electron chi connectivity index (χ3n) is 4.73. The van der Waals surface area contributed by atoms with Crippen LogP contribution in [-0.4, -0.2) is 18.1 Å². The summed E-state index contributed by atoms with van der Waals surface area (Å²) >= 11 is 1.18. The predicted molar refractivity (Wildman–Crippen MR) is 124 cm³/mol. The van der Waals surface area contributed by atoms with E-state index >= 15 is 0 Å². The second kappa shape index (κ2) is 10.0. The van der Waals surface area contributed by atoms with Crippen molar-refractivity contribution in [2.24, 2.45) is 10.2 Å². The van der Waals surface area contributed by atoms with Gasteiger partial charge in [-0.25, -0.2) is 14.2 Å². The van der Waals surface area contributed by atoms with E-state index in [4.69, 9.17) is 0 Å². The number of rotatable bonds is 6. The number of carbonyl (C=O) groups excluding carboxylic acids is 1. The van der Waals surface area contributed by atoms with Crippen molar-refractivity contribution in [1.29, 1.82) is 0 Å². The van der Waals surface area contributed by atoms with Crippen LogP contribution >= 0.6 is 11.3 Å². The van der Waals surface area contributed by atoms with E-state index in [1.165, 1.54) is 54.8 Å². The number of nitrogens with zero attached hydrogens (tertiary/aromatic N) is 3. The van der Waals surface area contributed by atoms with Crippen LogP contribution in [-0.2, 0) is 10.9 Å². The molecule has 0 atom stereocenters. The van der Waals surface area contributed by atoms with Crippen LogP contribution in [0.3, 0.4) is 0 Å². The fourth-order valence-electron chi connectivity index (χ4n) is 3.03. The molecule has 1 heterocycles. The highest BCUT2D eigenvalue weighted by Gasteiger charge is 2.30. The summed E-state index contributed by atoms with van der Waals surface area (Å²) in [5.74, 6) is -1.15. The third-order valence-corrected chi connectivity index (χ3v) is 5.49. The second-order valence-corrected chi connectivity index (χ2v) is 8.01. The van der Waals surface area contributed by atoms with Crippen LogP contribution in [0, 0.1) is 5.82 Å². The SMILES string of the molecule is COC(=O)c1cccc(/N=N/c2cc(-c3csc(Nc4cccc(C(F)(F)F)c4)n3)ccc2F)c1. The number of anilines is 2. The molecule has 11 heteroatoms. The van der Waals surface area contributed by atoms with Gasteiger partial charge in [-0.05, 0) is 54.6 Å². The normalized spacial score (nSPS) is 11.6. The molecule has 0 radical (unpaired) electrons. The molecule has 4 rings (SSSR count). The molecule has 6 nitrogen and oxygen atoms in total. The maximum atomic E-state index is 14.3. The molecule has 1 N–H and O–H groups in total. The van der Waals surface area contributed by atoms with Crippen molar-refractivity contribution < 1.29 is 27.1 Å². The summed E-state index contributed by atoms with van der Waals surface area (Å²) in [6.07, 6.45) is -4.45. The van der Waals surface area contributed by atoms with Crippen molar-refractivity contribution >= 4 is 39.5 Å². The van der Waals surface area contributed by atoms with Gasteiger partial charge in [0.1, 0.15) is 5.69 Å². The first-order valence-electron chi connectivity index (χ1n) is 10.0. The summed E-state index contributed by atoms with van der Waals surface area (Å²) in [6, 6.07) is 15.2. The number of hydrogen-bond donors (Lipinski definition) is 1. The van der Waals surface area contributed by atoms with E-state index in [0.29, 0.717) is 22.1 Å². The van der Waals surface area contributed by atoms with E-state index in [2.05, 4.69) is 25.3 Å². The Morgan fingerprint density at radius 1 is 1.03 bits per heavy atom. The van der Waals surface area contributed by atoms with E-state index in [0.717, 1.165) is 12.1 Å². The topological polar surface area (TPSA) is 75.9 Å². The van der Waals surface area contributed by atoms with Gasteiger partial charge in [-0.3, -0.25) is 0 Å². The Kier molecular flexibility index (Phi) is 6.87. The predicted octanol–water partition coefficient (Wildman–Crippen LogP) is 7.91. The molecule has 0 aliphatic heterocycles. The Morgan fingerprint density at radius 2 is 1.83 bits per heavy atom. The summed E-state index contributed by atoms with van der Waals surface area (Å²) in [4.78, 5) is 16.0. The van der Waals surface area contributed by atoms with Gasteiger partial charge in [-0.1, -0.05) is 12.1 Å². The molecular weight excluding hydrogens is 484 g/mol. The average molecular weight is 500 g/mol. The Balaban J connectivity index is 1.54. The van der Waals surface area contributed by atoms with Crippen molar-refractivity contribution in [3.63, 3.8) is 0 Å². The Bertz CT molecular complexity index is 1400. The third kappa shape index (κ3) is 5.87. The molecule has 1 aromatic heterocycles. The highest BCUT2D eigenvalue weighted by molar-refractivity contribution is 7.14. The van der Waals surface area contributed by atoms with E-state index in [1.54, 1.807) is 23.6 Å². The monoisotopic (exact) mass is 500 g/mol. The van der Waals surface area contributed by atoms with Gasteiger partial charge in [0.05, 0.1) is 29.6 Å². The van der Waals surface area contributed by atoms with Gasteiger partial charge in [0.25, 0.3) is 0 Å². The molecule has 4 aromatic rings. The number of hydrogen-bond acceptors (Lipinski definition) is 7. The summed E-state index contributed by atoms with van der Waals surface area (Å²) in [7, 11) is 1.26. The van der Waals surface area contributed by atoms with Crippen molar-refractivity contribution in [3.05, 3.63) is 89.1 Å². The number of benzene rings is 3. The van der Waals surface area contributed by atoms with Gasteiger partial charge in [0, 0.05) is 16.6 Å². The minimum atomic E-state index is -4.45. The average Bonchev–Trinajstić information content (AvgIpc) is 3.31. The number of alkyl halides is 3. The highest BCUT2D eigenvalue weighted by atomic mass is 32.1. The van der Waals surface area contributed by atoms with Crippen LogP contribution in [0.1, 0.15) is 15.9 Å². The Labute approximate surface area is 200 Å². The Hall–Kier alpha value is -4.12. The molecule has 0 aliphatic carbocycles. The maximum Gasteiger partial charge on any atom is 0.416 e. The van der Waals surface area contributed by atoms with Gasteiger partial charge in [-0.15, -0.1) is 16.5 Å². The molecule has 0 saturated carbocycles. The van der Waals surface area contributed by atoms with Crippen LogP contribution in [0.2, 0.25) is 0 Å². The lowest BCUT2D eigenvalue weighted by Gasteiger charge is -2.09. The van der Waals surface area contributed by atoms with Gasteiger partial charge >= 0.3 is 12.1 Å². The summed E-state index contributed by atoms with van der Waals surface area (Å²) in [6.45, 7) is 0. The number of carbonyl (C=O) groups is 1. The van der Waals surface area contributed by atoms with Gasteiger partial charge in [0.2, 0.25) is 0 Å². The first-order chi connectivity index (χ1) is 16.7. The quantitative estimate of drug-likeness (QED) is 0.166. The first kappa shape index (κ1) is 24.0. The Morgan fingerprint density at radius 3 is 2.60 bits per heavy atom. The lowest BCUT2D eigenvalue weighted by atomic mass is 10.1. The zero-order chi connectivity index (χ0) is 25.0. The van der Waals surface area contributed by atoms with E-state index in [9.17, 15) is 22.4 Å². The molecular formula is C24H16F4N4O2S. The number of halogens is 4. The van der Waals surface area contributed by atoms with E-state index < -0.39 is 23.5 Å². The molecule has 0 bridgehead atoms. The van der Waals surface area contributed by atoms with Crippen LogP contribution in [0.25, 0.3) is 11.3 Å².